The van der Waals surface area contributed by atoms with Crippen LogP contribution in [-0.4, -0.2) is 37.7 Å². The minimum absolute atomic E-state index is 0.594. The summed E-state index contributed by atoms with van der Waals surface area (Å²) in [6.07, 6.45) is 0.700. The number of nitrogen functional groups attached to an aromatic ring is 1. The van der Waals surface area contributed by atoms with E-state index in [1.165, 1.54) is 0 Å². The predicted octanol–water partition coefficient (Wildman–Crippen LogP) is 1.88. The van der Waals surface area contributed by atoms with Gasteiger partial charge in [-0.1, -0.05) is 6.07 Å². The van der Waals surface area contributed by atoms with E-state index in [0.717, 1.165) is 16.8 Å². The molecule has 0 aliphatic carbocycles. The van der Waals surface area contributed by atoms with Gasteiger partial charge in [-0.25, -0.2) is 0 Å². The van der Waals surface area contributed by atoms with Crippen molar-refractivity contribution in [1.29, 1.82) is 0 Å². The van der Waals surface area contributed by atoms with Gasteiger partial charge in [0.05, 0.1) is 26.5 Å². The highest BCUT2D eigenvalue weighted by molar-refractivity contribution is 5.78. The Kier molecular flexibility index (Phi) is 4.70. The van der Waals surface area contributed by atoms with Crippen LogP contribution in [0.5, 0.6) is 11.5 Å². The molecule has 6 heteroatoms. The third-order valence-corrected chi connectivity index (χ3v) is 3.38. The lowest BCUT2D eigenvalue weighted by Gasteiger charge is -2.10. The summed E-state index contributed by atoms with van der Waals surface area (Å²) in [7, 11) is 6.72. The third kappa shape index (κ3) is 2.95. The molecule has 1 aromatic heterocycles. The lowest BCUT2D eigenvalue weighted by molar-refractivity contribution is 0.201. The van der Waals surface area contributed by atoms with Gasteiger partial charge in [0.2, 0.25) is 0 Å². The van der Waals surface area contributed by atoms with E-state index in [1.807, 2.05) is 25.2 Å². The molecule has 0 amide bonds. The van der Waals surface area contributed by atoms with Crippen LogP contribution >= 0.6 is 0 Å². The van der Waals surface area contributed by atoms with E-state index in [9.17, 15) is 0 Å². The summed E-state index contributed by atoms with van der Waals surface area (Å²) >= 11 is 0. The fraction of sp³-hybridized carbons (Fsp3) is 0.400. The maximum Gasteiger partial charge on any atom is 0.161 e. The van der Waals surface area contributed by atoms with Gasteiger partial charge < -0.3 is 19.9 Å². The number of nitrogens with two attached hydrogens (primary N) is 1. The molecular formula is C15H21N3O3. The summed E-state index contributed by atoms with van der Waals surface area (Å²) < 4.78 is 17.4. The van der Waals surface area contributed by atoms with Gasteiger partial charge in [-0.05, 0) is 17.7 Å². The second kappa shape index (κ2) is 6.49. The van der Waals surface area contributed by atoms with Crippen molar-refractivity contribution in [3.63, 3.8) is 0 Å². The van der Waals surface area contributed by atoms with Gasteiger partial charge in [-0.3, -0.25) is 4.68 Å². The third-order valence-electron chi connectivity index (χ3n) is 3.38. The van der Waals surface area contributed by atoms with Gasteiger partial charge in [-0.15, -0.1) is 0 Å². The number of methoxy groups -OCH3 is 3. The highest BCUT2D eigenvalue weighted by Gasteiger charge is 2.17. The molecule has 0 radical (unpaired) electrons. The van der Waals surface area contributed by atoms with Crippen molar-refractivity contribution in [2.75, 3.05) is 33.7 Å². The predicted molar refractivity (Wildman–Crippen MR) is 81.7 cm³/mol. The molecule has 1 heterocycles. The quantitative estimate of drug-likeness (QED) is 0.879. The van der Waals surface area contributed by atoms with Gasteiger partial charge in [0, 0.05) is 26.1 Å². The molecule has 0 fully saturated rings. The van der Waals surface area contributed by atoms with Crippen LogP contribution in [0.1, 0.15) is 5.69 Å². The Bertz CT molecular complexity index is 623. The van der Waals surface area contributed by atoms with Crippen molar-refractivity contribution < 1.29 is 14.2 Å². The summed E-state index contributed by atoms with van der Waals surface area (Å²) in [5.41, 5.74) is 8.92. The number of rotatable bonds is 6. The number of hydrogen-bond acceptors (Lipinski definition) is 5. The summed E-state index contributed by atoms with van der Waals surface area (Å²) in [6.45, 7) is 0.594. The fourth-order valence-electron chi connectivity index (χ4n) is 2.27. The molecule has 0 aliphatic heterocycles. The van der Waals surface area contributed by atoms with Crippen LogP contribution in [0.3, 0.4) is 0 Å². The van der Waals surface area contributed by atoms with Crippen LogP contribution in [0.25, 0.3) is 11.1 Å². The van der Waals surface area contributed by atoms with Crippen molar-refractivity contribution >= 4 is 5.82 Å². The molecular weight excluding hydrogens is 270 g/mol. The van der Waals surface area contributed by atoms with Crippen molar-refractivity contribution in [3.8, 4) is 22.6 Å². The van der Waals surface area contributed by atoms with Gasteiger partial charge in [0.25, 0.3) is 0 Å². The largest absolute Gasteiger partial charge is 0.493 e. The lowest BCUT2D eigenvalue weighted by Crippen LogP contribution is -1.98. The van der Waals surface area contributed by atoms with E-state index in [1.54, 1.807) is 26.0 Å². The maximum atomic E-state index is 6.16. The zero-order chi connectivity index (χ0) is 15.4. The average Bonchev–Trinajstić information content (AvgIpc) is 2.79. The molecule has 2 rings (SSSR count). The first kappa shape index (κ1) is 15.2. The van der Waals surface area contributed by atoms with Crippen molar-refractivity contribution in [2.24, 2.45) is 7.05 Å². The minimum atomic E-state index is 0.594. The molecule has 21 heavy (non-hydrogen) atoms. The number of anilines is 1. The summed E-state index contributed by atoms with van der Waals surface area (Å²) in [5.74, 6) is 1.96. The molecule has 0 saturated heterocycles. The zero-order valence-corrected chi connectivity index (χ0v) is 12.8. The molecule has 2 N–H and O–H groups in total. The highest BCUT2D eigenvalue weighted by Crippen LogP contribution is 2.36. The maximum absolute atomic E-state index is 6.16. The molecule has 114 valence electrons. The second-order valence-electron chi connectivity index (χ2n) is 4.64. The Morgan fingerprint density at radius 2 is 1.86 bits per heavy atom. The van der Waals surface area contributed by atoms with E-state index >= 15 is 0 Å². The fourth-order valence-corrected chi connectivity index (χ4v) is 2.27. The van der Waals surface area contributed by atoms with E-state index in [4.69, 9.17) is 19.9 Å². The minimum Gasteiger partial charge on any atom is -0.493 e. The first-order valence-corrected chi connectivity index (χ1v) is 6.65. The van der Waals surface area contributed by atoms with Crippen LogP contribution in [0.2, 0.25) is 0 Å². The Balaban J connectivity index is 2.50. The van der Waals surface area contributed by atoms with Crippen molar-refractivity contribution in [1.82, 2.24) is 9.78 Å². The molecule has 0 saturated carbocycles. The Labute approximate surface area is 124 Å². The van der Waals surface area contributed by atoms with E-state index in [0.29, 0.717) is 30.3 Å². The van der Waals surface area contributed by atoms with Crippen LogP contribution in [0, 0.1) is 0 Å². The van der Waals surface area contributed by atoms with E-state index in [2.05, 4.69) is 5.10 Å². The molecule has 1 aromatic carbocycles. The lowest BCUT2D eigenvalue weighted by atomic mass is 10.0. The van der Waals surface area contributed by atoms with Gasteiger partial charge in [0.15, 0.2) is 11.5 Å². The summed E-state index contributed by atoms with van der Waals surface area (Å²) in [6, 6.07) is 5.72. The standard InChI is InChI=1S/C15H21N3O3/c1-18-15(16)14(11(17-18)7-8-19-2)10-5-6-12(20-3)13(9-10)21-4/h5-6,9H,7-8,16H2,1-4H3. The number of hydrogen-bond donors (Lipinski definition) is 1. The van der Waals surface area contributed by atoms with Gasteiger partial charge in [0.1, 0.15) is 5.82 Å². The second-order valence-corrected chi connectivity index (χ2v) is 4.64. The van der Waals surface area contributed by atoms with Crippen LogP contribution < -0.4 is 15.2 Å². The Morgan fingerprint density at radius 1 is 1.14 bits per heavy atom. The SMILES string of the molecule is COCCc1nn(C)c(N)c1-c1ccc(OC)c(OC)c1. The van der Waals surface area contributed by atoms with Crippen LogP contribution in [0.4, 0.5) is 5.82 Å². The number of nitrogens with zero attached hydrogens (tertiary/aromatic N) is 2. The summed E-state index contributed by atoms with van der Waals surface area (Å²) in [4.78, 5) is 0. The van der Waals surface area contributed by atoms with Crippen LogP contribution in [0.15, 0.2) is 18.2 Å². The molecule has 0 aliphatic rings. The smallest absolute Gasteiger partial charge is 0.161 e. The monoisotopic (exact) mass is 291 g/mol. The normalized spacial score (nSPS) is 10.7. The average molecular weight is 291 g/mol. The molecule has 2 aromatic rings. The number of ether oxygens (including phenoxy) is 3. The number of benzene rings is 1. The highest BCUT2D eigenvalue weighted by atomic mass is 16.5. The zero-order valence-electron chi connectivity index (χ0n) is 12.8. The molecule has 0 bridgehead atoms. The van der Waals surface area contributed by atoms with Gasteiger partial charge in [-0.2, -0.15) is 5.10 Å². The van der Waals surface area contributed by atoms with Crippen LogP contribution in [-0.2, 0) is 18.2 Å². The molecule has 0 spiro atoms. The first-order valence-electron chi connectivity index (χ1n) is 6.65. The van der Waals surface area contributed by atoms with Gasteiger partial charge >= 0.3 is 0 Å². The first-order chi connectivity index (χ1) is 10.1. The van der Waals surface area contributed by atoms with E-state index in [-0.39, 0.29) is 0 Å². The van der Waals surface area contributed by atoms with E-state index < -0.39 is 0 Å². The summed E-state index contributed by atoms with van der Waals surface area (Å²) in [5, 5.41) is 4.46. The van der Waals surface area contributed by atoms with Crippen molar-refractivity contribution in [3.05, 3.63) is 23.9 Å². The topological polar surface area (TPSA) is 71.5 Å². The number of aryl methyl sites for hydroxylation is 1. The van der Waals surface area contributed by atoms with Crippen molar-refractivity contribution in [2.45, 2.75) is 6.42 Å². The Hall–Kier alpha value is -2.21. The Morgan fingerprint density at radius 3 is 2.48 bits per heavy atom. The molecule has 0 unspecified atom stereocenters. The molecule has 0 atom stereocenters. The molecule has 6 nitrogen and oxygen atoms in total. The number of aromatic nitrogens is 2.